The average molecular weight is 214 g/mol. The highest BCUT2D eigenvalue weighted by atomic mass is 16.5. The van der Waals surface area contributed by atoms with E-state index in [4.69, 9.17) is 10.5 Å². The lowest BCUT2D eigenvalue weighted by Crippen LogP contribution is -1.90. The molecule has 3 nitrogen and oxygen atoms in total. The average Bonchev–Trinajstić information content (AvgIpc) is 2.28. The van der Waals surface area contributed by atoms with Gasteiger partial charge in [-0.15, -0.1) is 0 Å². The monoisotopic (exact) mass is 214 g/mol. The van der Waals surface area contributed by atoms with Crippen LogP contribution in [0.2, 0.25) is 0 Å². The van der Waals surface area contributed by atoms with Crippen LogP contribution in [0, 0.1) is 6.92 Å². The van der Waals surface area contributed by atoms with Crippen molar-refractivity contribution in [3.8, 4) is 17.0 Å². The summed E-state index contributed by atoms with van der Waals surface area (Å²) in [6.07, 6.45) is 1.73. The highest BCUT2D eigenvalue weighted by molar-refractivity contribution is 5.68. The molecule has 0 saturated heterocycles. The van der Waals surface area contributed by atoms with Gasteiger partial charge in [0, 0.05) is 18.0 Å². The molecule has 1 heterocycles. The Bertz CT molecular complexity index is 489. The zero-order chi connectivity index (χ0) is 11.5. The summed E-state index contributed by atoms with van der Waals surface area (Å²) in [4.78, 5) is 4.07. The lowest BCUT2D eigenvalue weighted by atomic mass is 10.0. The standard InChI is InChI=1S/C13H14N2O/c1-9-5-11(7-12(14)6-9)10-3-4-15-13(8-10)16-2/h3-8H,14H2,1-2H3. The van der Waals surface area contributed by atoms with Crippen molar-refractivity contribution < 1.29 is 4.74 Å². The van der Waals surface area contributed by atoms with E-state index in [9.17, 15) is 0 Å². The zero-order valence-electron chi connectivity index (χ0n) is 9.40. The molecular weight excluding hydrogens is 200 g/mol. The number of pyridine rings is 1. The van der Waals surface area contributed by atoms with Gasteiger partial charge in [-0.1, -0.05) is 6.07 Å². The molecule has 0 bridgehead atoms. The van der Waals surface area contributed by atoms with Crippen LogP contribution < -0.4 is 10.5 Å². The number of methoxy groups -OCH3 is 1. The maximum Gasteiger partial charge on any atom is 0.213 e. The van der Waals surface area contributed by atoms with E-state index in [1.54, 1.807) is 13.3 Å². The Kier molecular flexibility index (Phi) is 2.77. The molecule has 0 aliphatic rings. The van der Waals surface area contributed by atoms with Crippen LogP contribution in [-0.4, -0.2) is 12.1 Å². The summed E-state index contributed by atoms with van der Waals surface area (Å²) >= 11 is 0. The quantitative estimate of drug-likeness (QED) is 0.782. The Balaban J connectivity index is 2.49. The molecule has 1 aromatic carbocycles. The third-order valence-electron chi connectivity index (χ3n) is 2.38. The van der Waals surface area contributed by atoms with Crippen LogP contribution in [0.5, 0.6) is 5.88 Å². The predicted molar refractivity (Wildman–Crippen MR) is 65.4 cm³/mol. The number of hydrogen-bond acceptors (Lipinski definition) is 3. The lowest BCUT2D eigenvalue weighted by molar-refractivity contribution is 0.398. The second-order valence-electron chi connectivity index (χ2n) is 3.72. The molecule has 1 aromatic heterocycles. The summed E-state index contributed by atoms with van der Waals surface area (Å²) in [5.41, 5.74) is 9.87. The van der Waals surface area contributed by atoms with Gasteiger partial charge in [0.2, 0.25) is 5.88 Å². The second kappa shape index (κ2) is 4.23. The molecule has 16 heavy (non-hydrogen) atoms. The van der Waals surface area contributed by atoms with Gasteiger partial charge in [0.25, 0.3) is 0 Å². The fraction of sp³-hybridized carbons (Fsp3) is 0.154. The molecule has 0 aliphatic carbocycles. The molecule has 0 unspecified atom stereocenters. The molecule has 0 aliphatic heterocycles. The van der Waals surface area contributed by atoms with E-state index in [0.29, 0.717) is 5.88 Å². The van der Waals surface area contributed by atoms with Crippen molar-refractivity contribution in [2.75, 3.05) is 12.8 Å². The first-order valence-corrected chi connectivity index (χ1v) is 5.06. The van der Waals surface area contributed by atoms with E-state index >= 15 is 0 Å². The van der Waals surface area contributed by atoms with Crippen molar-refractivity contribution in [1.29, 1.82) is 0 Å². The Labute approximate surface area is 94.9 Å². The van der Waals surface area contributed by atoms with E-state index in [1.807, 2.05) is 31.2 Å². The van der Waals surface area contributed by atoms with Crippen LogP contribution in [0.4, 0.5) is 5.69 Å². The van der Waals surface area contributed by atoms with Crippen LogP contribution >= 0.6 is 0 Å². The van der Waals surface area contributed by atoms with Crippen molar-refractivity contribution in [3.05, 3.63) is 42.1 Å². The van der Waals surface area contributed by atoms with E-state index in [2.05, 4.69) is 11.1 Å². The summed E-state index contributed by atoms with van der Waals surface area (Å²) in [5, 5.41) is 0. The van der Waals surface area contributed by atoms with Gasteiger partial charge in [-0.2, -0.15) is 0 Å². The minimum atomic E-state index is 0.609. The number of anilines is 1. The van der Waals surface area contributed by atoms with Crippen LogP contribution in [0.3, 0.4) is 0 Å². The summed E-state index contributed by atoms with van der Waals surface area (Å²) < 4.78 is 5.09. The van der Waals surface area contributed by atoms with Crippen LogP contribution in [0.15, 0.2) is 36.5 Å². The second-order valence-corrected chi connectivity index (χ2v) is 3.72. The Morgan fingerprint density at radius 1 is 1.12 bits per heavy atom. The van der Waals surface area contributed by atoms with Crippen LogP contribution in [-0.2, 0) is 0 Å². The number of benzene rings is 1. The van der Waals surface area contributed by atoms with Gasteiger partial charge in [0.1, 0.15) is 0 Å². The first-order valence-electron chi connectivity index (χ1n) is 5.06. The first kappa shape index (κ1) is 10.5. The van der Waals surface area contributed by atoms with Gasteiger partial charge in [-0.3, -0.25) is 0 Å². The molecule has 2 aromatic rings. The molecule has 0 atom stereocenters. The van der Waals surface area contributed by atoms with E-state index < -0.39 is 0 Å². The van der Waals surface area contributed by atoms with Crippen molar-refractivity contribution in [3.63, 3.8) is 0 Å². The number of rotatable bonds is 2. The molecular formula is C13H14N2O. The van der Waals surface area contributed by atoms with Gasteiger partial charge >= 0.3 is 0 Å². The molecule has 0 saturated carbocycles. The molecule has 2 N–H and O–H groups in total. The number of nitrogens with zero attached hydrogens (tertiary/aromatic N) is 1. The maximum atomic E-state index is 5.82. The summed E-state index contributed by atoms with van der Waals surface area (Å²) in [6.45, 7) is 2.03. The number of aromatic nitrogens is 1. The fourth-order valence-corrected chi connectivity index (χ4v) is 1.68. The number of ether oxygens (including phenoxy) is 1. The van der Waals surface area contributed by atoms with Gasteiger partial charge in [0.15, 0.2) is 0 Å². The maximum absolute atomic E-state index is 5.82. The summed E-state index contributed by atoms with van der Waals surface area (Å²) in [5.74, 6) is 0.609. The minimum Gasteiger partial charge on any atom is -0.481 e. The van der Waals surface area contributed by atoms with E-state index in [-0.39, 0.29) is 0 Å². The number of hydrogen-bond donors (Lipinski definition) is 1. The van der Waals surface area contributed by atoms with Crippen LogP contribution in [0.1, 0.15) is 5.56 Å². The van der Waals surface area contributed by atoms with Gasteiger partial charge in [-0.25, -0.2) is 4.98 Å². The van der Waals surface area contributed by atoms with E-state index in [1.165, 1.54) is 0 Å². The molecule has 0 fully saturated rings. The number of nitrogen functional groups attached to an aromatic ring is 1. The van der Waals surface area contributed by atoms with Crippen LogP contribution in [0.25, 0.3) is 11.1 Å². The highest BCUT2D eigenvalue weighted by Gasteiger charge is 2.02. The topological polar surface area (TPSA) is 48.1 Å². The van der Waals surface area contributed by atoms with Crippen molar-refractivity contribution >= 4 is 5.69 Å². The van der Waals surface area contributed by atoms with Gasteiger partial charge < -0.3 is 10.5 Å². The summed E-state index contributed by atoms with van der Waals surface area (Å²) in [6, 6.07) is 9.82. The third-order valence-corrected chi connectivity index (χ3v) is 2.38. The van der Waals surface area contributed by atoms with Gasteiger partial charge in [0.05, 0.1) is 7.11 Å². The van der Waals surface area contributed by atoms with Crippen molar-refractivity contribution in [2.24, 2.45) is 0 Å². The molecule has 2 rings (SSSR count). The largest absolute Gasteiger partial charge is 0.481 e. The first-order chi connectivity index (χ1) is 7.69. The minimum absolute atomic E-state index is 0.609. The lowest BCUT2D eigenvalue weighted by Gasteiger charge is -2.06. The normalized spacial score (nSPS) is 10.1. The smallest absolute Gasteiger partial charge is 0.213 e. The van der Waals surface area contributed by atoms with Gasteiger partial charge in [-0.05, 0) is 41.8 Å². The zero-order valence-corrected chi connectivity index (χ0v) is 9.40. The van der Waals surface area contributed by atoms with E-state index in [0.717, 1.165) is 22.4 Å². The molecule has 0 radical (unpaired) electrons. The highest BCUT2D eigenvalue weighted by Crippen LogP contribution is 2.25. The summed E-state index contributed by atoms with van der Waals surface area (Å²) in [7, 11) is 1.61. The molecule has 3 heteroatoms. The molecule has 0 amide bonds. The van der Waals surface area contributed by atoms with Crippen molar-refractivity contribution in [1.82, 2.24) is 4.98 Å². The fourth-order valence-electron chi connectivity index (χ4n) is 1.68. The Hall–Kier alpha value is -2.03. The molecule has 82 valence electrons. The predicted octanol–water partition coefficient (Wildman–Crippen LogP) is 2.65. The molecule has 0 spiro atoms. The third kappa shape index (κ3) is 2.14. The Morgan fingerprint density at radius 3 is 2.62 bits per heavy atom. The number of aryl methyl sites for hydroxylation is 1. The Morgan fingerprint density at radius 2 is 1.94 bits per heavy atom. The number of nitrogens with two attached hydrogens (primary N) is 1. The van der Waals surface area contributed by atoms with Crippen molar-refractivity contribution in [2.45, 2.75) is 6.92 Å². The SMILES string of the molecule is COc1cc(-c2cc(C)cc(N)c2)ccn1.